The molecule has 136 valence electrons. The van der Waals surface area contributed by atoms with Crippen molar-refractivity contribution in [3.8, 4) is 11.1 Å². The minimum absolute atomic E-state index is 0.0966. The maximum absolute atomic E-state index is 12.2. The summed E-state index contributed by atoms with van der Waals surface area (Å²) < 4.78 is 5.29. The first-order valence-corrected chi connectivity index (χ1v) is 9.64. The average molecular weight is 384 g/mol. The second-order valence-corrected chi connectivity index (χ2v) is 7.13. The molecule has 0 spiro atoms. The smallest absolute Gasteiger partial charge is 0.336 e. The van der Waals surface area contributed by atoms with E-state index in [0.717, 1.165) is 27.0 Å². The van der Waals surface area contributed by atoms with Gasteiger partial charge in [-0.3, -0.25) is 4.79 Å². The number of hydrogen-bond donors (Lipinski definition) is 0. The molecule has 2 aromatic heterocycles. The molecule has 0 atom stereocenters. The first kappa shape index (κ1) is 17.9. The van der Waals surface area contributed by atoms with Gasteiger partial charge >= 0.3 is 5.63 Å². The van der Waals surface area contributed by atoms with Crippen LogP contribution < -0.4 is 5.63 Å². The highest BCUT2D eigenvalue weighted by Gasteiger charge is 2.10. The number of thiophene rings is 1. The lowest BCUT2D eigenvalue weighted by Crippen LogP contribution is -1.98. The Morgan fingerprint density at radius 3 is 2.50 bits per heavy atom. The van der Waals surface area contributed by atoms with Crippen LogP contribution in [0.2, 0.25) is 0 Å². The number of allylic oxidation sites excluding steroid dienone is 2. The van der Waals surface area contributed by atoms with E-state index in [1.165, 1.54) is 12.1 Å². The van der Waals surface area contributed by atoms with Gasteiger partial charge in [0.25, 0.3) is 0 Å². The van der Waals surface area contributed by atoms with Crippen molar-refractivity contribution in [2.45, 2.75) is 0 Å². The minimum Gasteiger partial charge on any atom is -0.423 e. The van der Waals surface area contributed by atoms with Gasteiger partial charge in [-0.05, 0) is 46.9 Å². The zero-order chi connectivity index (χ0) is 19.3. The van der Waals surface area contributed by atoms with E-state index in [4.69, 9.17) is 4.42 Å². The number of rotatable bonds is 5. The van der Waals surface area contributed by atoms with E-state index < -0.39 is 5.63 Å². The minimum atomic E-state index is -0.401. The Labute approximate surface area is 165 Å². The van der Waals surface area contributed by atoms with Crippen molar-refractivity contribution in [3.63, 3.8) is 0 Å². The number of carbonyl (C=O) groups is 1. The molecule has 4 heteroatoms. The van der Waals surface area contributed by atoms with E-state index in [1.54, 1.807) is 35.6 Å². The first-order valence-electron chi connectivity index (χ1n) is 8.77. The van der Waals surface area contributed by atoms with Crippen LogP contribution in [0.15, 0.2) is 93.5 Å². The molecule has 0 N–H and O–H groups in total. The predicted molar refractivity (Wildman–Crippen MR) is 115 cm³/mol. The van der Waals surface area contributed by atoms with Crippen molar-refractivity contribution >= 4 is 40.2 Å². The first-order chi connectivity index (χ1) is 13.7. The summed E-state index contributed by atoms with van der Waals surface area (Å²) >= 11 is 1.58. The van der Waals surface area contributed by atoms with E-state index in [0.29, 0.717) is 5.58 Å². The molecule has 0 aliphatic rings. The number of para-hydroxylation sites is 1. The summed E-state index contributed by atoms with van der Waals surface area (Å²) in [5, 5.41) is 2.82. The predicted octanol–water partition coefficient (Wildman–Crippen LogP) is 5.82. The van der Waals surface area contributed by atoms with Crippen LogP contribution in [0.25, 0.3) is 34.2 Å². The number of carbonyl (C=O) groups excluding carboxylic acids is 1. The van der Waals surface area contributed by atoms with E-state index >= 15 is 0 Å². The summed E-state index contributed by atoms with van der Waals surface area (Å²) in [6.45, 7) is 0. The van der Waals surface area contributed by atoms with Crippen LogP contribution in [0.5, 0.6) is 0 Å². The number of benzene rings is 2. The summed E-state index contributed by atoms with van der Waals surface area (Å²) in [7, 11) is 0. The Kier molecular flexibility index (Phi) is 5.13. The topological polar surface area (TPSA) is 47.3 Å². The zero-order valence-electron chi connectivity index (χ0n) is 14.9. The van der Waals surface area contributed by atoms with Crippen LogP contribution >= 0.6 is 11.3 Å². The molecule has 28 heavy (non-hydrogen) atoms. The Morgan fingerprint density at radius 2 is 1.64 bits per heavy atom. The third-order valence-electron chi connectivity index (χ3n) is 4.28. The van der Waals surface area contributed by atoms with Crippen LogP contribution in [0.3, 0.4) is 0 Å². The standard InChI is InChI=1S/C24H16O3S/c25-18(13-14-19-7-5-15-28-19)12-11-17-6-1-2-8-20(17)22-16-24(26)27-23-10-4-3-9-21(22)23/h1-16H. The van der Waals surface area contributed by atoms with Gasteiger partial charge in [0.05, 0.1) is 0 Å². The molecule has 0 aliphatic carbocycles. The number of fused-ring (bicyclic) bond motifs is 1. The molecular weight excluding hydrogens is 368 g/mol. The third-order valence-corrected chi connectivity index (χ3v) is 5.12. The van der Waals surface area contributed by atoms with Gasteiger partial charge in [-0.2, -0.15) is 0 Å². The second kappa shape index (κ2) is 8.03. The molecule has 0 amide bonds. The Hall–Kier alpha value is -3.50. The van der Waals surface area contributed by atoms with E-state index in [2.05, 4.69) is 0 Å². The van der Waals surface area contributed by atoms with Gasteiger partial charge in [0, 0.05) is 21.9 Å². The molecule has 4 rings (SSSR count). The van der Waals surface area contributed by atoms with E-state index in [9.17, 15) is 9.59 Å². The van der Waals surface area contributed by atoms with Gasteiger partial charge in [0.1, 0.15) is 5.58 Å². The third kappa shape index (κ3) is 3.92. The number of hydrogen-bond acceptors (Lipinski definition) is 4. The maximum Gasteiger partial charge on any atom is 0.336 e. The second-order valence-electron chi connectivity index (χ2n) is 6.15. The Bertz CT molecular complexity index is 1240. The lowest BCUT2D eigenvalue weighted by molar-refractivity contribution is -0.110. The summed E-state index contributed by atoms with van der Waals surface area (Å²) in [6.07, 6.45) is 6.67. The van der Waals surface area contributed by atoms with Crippen LogP contribution in [-0.4, -0.2) is 5.78 Å². The van der Waals surface area contributed by atoms with Gasteiger partial charge in [-0.15, -0.1) is 11.3 Å². The normalized spacial score (nSPS) is 11.6. The van der Waals surface area contributed by atoms with Gasteiger partial charge in [-0.1, -0.05) is 54.6 Å². The molecule has 0 fully saturated rings. The molecule has 2 aromatic carbocycles. The van der Waals surface area contributed by atoms with Crippen molar-refractivity contribution in [1.82, 2.24) is 0 Å². The lowest BCUT2D eigenvalue weighted by atomic mass is 9.96. The van der Waals surface area contributed by atoms with Crippen LogP contribution in [0.4, 0.5) is 0 Å². The summed E-state index contributed by atoms with van der Waals surface area (Å²) in [5.74, 6) is -0.0966. The van der Waals surface area contributed by atoms with E-state index in [-0.39, 0.29) is 5.78 Å². The van der Waals surface area contributed by atoms with Crippen molar-refractivity contribution in [2.75, 3.05) is 0 Å². The van der Waals surface area contributed by atoms with Crippen molar-refractivity contribution < 1.29 is 9.21 Å². The summed E-state index contributed by atoms with van der Waals surface area (Å²) in [5.41, 5.74) is 2.66. The number of ketones is 1. The Balaban J connectivity index is 1.70. The average Bonchev–Trinajstić information content (AvgIpc) is 3.24. The molecular formula is C24H16O3S. The lowest BCUT2D eigenvalue weighted by Gasteiger charge is -2.08. The molecule has 0 saturated heterocycles. The largest absolute Gasteiger partial charge is 0.423 e. The highest BCUT2D eigenvalue weighted by Crippen LogP contribution is 2.30. The fraction of sp³-hybridized carbons (Fsp3) is 0. The van der Waals surface area contributed by atoms with Crippen LogP contribution in [0, 0.1) is 0 Å². The van der Waals surface area contributed by atoms with E-state index in [1.807, 2.05) is 60.0 Å². The SMILES string of the molecule is O=C(C=Cc1cccs1)C=Cc1ccccc1-c1cc(=O)oc2ccccc12. The van der Waals surface area contributed by atoms with Gasteiger partial charge < -0.3 is 4.42 Å². The fourth-order valence-electron chi connectivity index (χ4n) is 3.00. The van der Waals surface area contributed by atoms with Crippen molar-refractivity contribution in [3.05, 3.63) is 105 Å². The van der Waals surface area contributed by atoms with Gasteiger partial charge in [0.2, 0.25) is 0 Å². The molecule has 0 aliphatic heterocycles. The van der Waals surface area contributed by atoms with Crippen LogP contribution in [0.1, 0.15) is 10.4 Å². The molecule has 2 heterocycles. The van der Waals surface area contributed by atoms with Crippen molar-refractivity contribution in [1.29, 1.82) is 0 Å². The molecule has 0 unspecified atom stereocenters. The highest BCUT2D eigenvalue weighted by atomic mass is 32.1. The van der Waals surface area contributed by atoms with Gasteiger partial charge in [-0.25, -0.2) is 4.79 Å². The molecule has 0 radical (unpaired) electrons. The zero-order valence-corrected chi connectivity index (χ0v) is 15.7. The summed E-state index contributed by atoms with van der Waals surface area (Å²) in [4.78, 5) is 25.2. The van der Waals surface area contributed by atoms with Crippen molar-refractivity contribution in [2.24, 2.45) is 0 Å². The molecule has 3 nitrogen and oxygen atoms in total. The summed E-state index contributed by atoms with van der Waals surface area (Å²) in [6, 6.07) is 20.5. The quantitative estimate of drug-likeness (QED) is 0.322. The fourth-order valence-corrected chi connectivity index (χ4v) is 3.62. The highest BCUT2D eigenvalue weighted by molar-refractivity contribution is 7.10. The van der Waals surface area contributed by atoms with Crippen LogP contribution in [-0.2, 0) is 4.79 Å². The molecule has 4 aromatic rings. The van der Waals surface area contributed by atoms with Gasteiger partial charge in [0.15, 0.2) is 5.78 Å². The Morgan fingerprint density at radius 1 is 0.857 bits per heavy atom. The maximum atomic E-state index is 12.2. The monoisotopic (exact) mass is 384 g/mol. The molecule has 0 bridgehead atoms. The molecule has 0 saturated carbocycles.